The highest BCUT2D eigenvalue weighted by molar-refractivity contribution is 8.00. The summed E-state index contributed by atoms with van der Waals surface area (Å²) < 4.78 is 7.85. The summed E-state index contributed by atoms with van der Waals surface area (Å²) in [5, 5.41) is 10.2. The number of hydrogen-bond donors (Lipinski definition) is 0. The molecule has 1 fully saturated rings. The molecule has 2 atom stereocenters. The van der Waals surface area contributed by atoms with E-state index in [-0.39, 0.29) is 29.7 Å². The Kier molecular flexibility index (Phi) is 8.79. The number of carbonyl (C=O) groups is 2. The van der Waals surface area contributed by atoms with Crippen molar-refractivity contribution >= 4 is 45.6 Å². The number of rotatable bonds is 9. The minimum atomic E-state index is -0.362. The molecule has 2 aromatic heterocycles. The van der Waals surface area contributed by atoms with E-state index in [1.54, 1.807) is 4.90 Å². The van der Waals surface area contributed by atoms with Gasteiger partial charge in [0.1, 0.15) is 11.3 Å². The quantitative estimate of drug-likeness (QED) is 0.209. The average Bonchev–Trinajstić information content (AvgIpc) is 3.36. The van der Waals surface area contributed by atoms with Crippen molar-refractivity contribution in [2.45, 2.75) is 50.2 Å². The standard InChI is InChI=1S/C34H36N6O3S/c1-4-29(33(42)38-18-19-39(24(3)20-38)30(41)22-43-26-14-6-5-7-15-26)44-34-35-32-31(36-37-34)27-16-10-11-17-28(27)40(32)21-25-13-9-8-12-23(25)2/h5-17,24,29H,4,18-22H2,1-3H3. The molecule has 0 spiro atoms. The molecule has 1 aliphatic rings. The third-order valence-corrected chi connectivity index (χ3v) is 9.41. The first-order chi connectivity index (χ1) is 21.4. The van der Waals surface area contributed by atoms with Crippen LogP contribution < -0.4 is 4.74 Å². The average molecular weight is 609 g/mol. The number of para-hydroxylation sites is 2. The number of carbonyl (C=O) groups excluding carboxylic acids is 2. The molecule has 0 aliphatic carbocycles. The van der Waals surface area contributed by atoms with Crippen LogP contribution in [0.15, 0.2) is 84.0 Å². The Morgan fingerprint density at radius 3 is 2.50 bits per heavy atom. The summed E-state index contributed by atoms with van der Waals surface area (Å²) in [6.07, 6.45) is 0.621. The van der Waals surface area contributed by atoms with Crippen LogP contribution in [0.25, 0.3) is 22.1 Å². The maximum atomic E-state index is 13.7. The van der Waals surface area contributed by atoms with Crippen molar-refractivity contribution in [1.82, 2.24) is 29.5 Å². The molecule has 9 nitrogen and oxygen atoms in total. The highest BCUT2D eigenvalue weighted by Crippen LogP contribution is 2.30. The van der Waals surface area contributed by atoms with Gasteiger partial charge < -0.3 is 19.1 Å². The van der Waals surface area contributed by atoms with Crippen LogP contribution in [0.1, 0.15) is 31.4 Å². The van der Waals surface area contributed by atoms with Crippen LogP contribution in [-0.4, -0.2) is 78.9 Å². The van der Waals surface area contributed by atoms with E-state index in [1.165, 1.54) is 22.9 Å². The number of piperazine rings is 1. The van der Waals surface area contributed by atoms with Gasteiger partial charge in [-0.1, -0.05) is 79.3 Å². The lowest BCUT2D eigenvalue weighted by molar-refractivity contribution is -0.143. The van der Waals surface area contributed by atoms with Crippen LogP contribution in [-0.2, 0) is 16.1 Å². The Morgan fingerprint density at radius 2 is 1.73 bits per heavy atom. The van der Waals surface area contributed by atoms with Crippen molar-refractivity contribution in [1.29, 1.82) is 0 Å². The first-order valence-corrected chi connectivity index (χ1v) is 15.9. The minimum Gasteiger partial charge on any atom is -0.484 e. The molecule has 0 radical (unpaired) electrons. The lowest BCUT2D eigenvalue weighted by Crippen LogP contribution is -2.57. The van der Waals surface area contributed by atoms with Crippen LogP contribution in [0.5, 0.6) is 5.75 Å². The van der Waals surface area contributed by atoms with Crippen molar-refractivity contribution < 1.29 is 14.3 Å². The zero-order chi connectivity index (χ0) is 30.6. The third-order valence-electron chi connectivity index (χ3n) is 8.20. The summed E-state index contributed by atoms with van der Waals surface area (Å²) in [4.78, 5) is 35.2. The van der Waals surface area contributed by atoms with Crippen molar-refractivity contribution in [3.63, 3.8) is 0 Å². The first kappa shape index (κ1) is 29.6. The van der Waals surface area contributed by atoms with Gasteiger partial charge in [-0.2, -0.15) is 0 Å². The van der Waals surface area contributed by atoms with Crippen LogP contribution >= 0.6 is 11.8 Å². The number of aromatic nitrogens is 4. The zero-order valence-corrected chi connectivity index (χ0v) is 26.0. The van der Waals surface area contributed by atoms with Crippen LogP contribution in [0, 0.1) is 6.92 Å². The monoisotopic (exact) mass is 608 g/mol. The smallest absolute Gasteiger partial charge is 0.260 e. The van der Waals surface area contributed by atoms with Crippen LogP contribution in [0.4, 0.5) is 0 Å². The number of hydrogen-bond acceptors (Lipinski definition) is 7. The molecular weight excluding hydrogens is 572 g/mol. The van der Waals surface area contributed by atoms with E-state index in [4.69, 9.17) is 9.72 Å². The first-order valence-electron chi connectivity index (χ1n) is 15.0. The number of benzene rings is 3. The maximum absolute atomic E-state index is 13.7. The number of thioether (sulfide) groups is 1. The summed E-state index contributed by atoms with van der Waals surface area (Å²) in [7, 11) is 0. The second-order valence-electron chi connectivity index (χ2n) is 11.1. The fraction of sp³-hybridized carbons (Fsp3) is 0.324. The Hall–Kier alpha value is -4.44. The number of amides is 2. The van der Waals surface area contributed by atoms with Crippen molar-refractivity contribution in [2.75, 3.05) is 26.2 Å². The number of fused-ring (bicyclic) bond motifs is 3. The molecule has 10 heteroatoms. The third kappa shape index (κ3) is 6.12. The number of ether oxygens (including phenoxy) is 1. The summed E-state index contributed by atoms with van der Waals surface area (Å²) >= 11 is 1.36. The molecule has 2 amide bonds. The van der Waals surface area contributed by atoms with Gasteiger partial charge in [0.15, 0.2) is 12.3 Å². The Balaban J connectivity index is 1.16. The highest BCUT2D eigenvalue weighted by Gasteiger charge is 2.33. The van der Waals surface area contributed by atoms with E-state index in [9.17, 15) is 9.59 Å². The van der Waals surface area contributed by atoms with Gasteiger partial charge in [0.05, 0.1) is 10.8 Å². The van der Waals surface area contributed by atoms with Gasteiger partial charge in [-0.25, -0.2) is 4.98 Å². The molecule has 2 unspecified atom stereocenters. The van der Waals surface area contributed by atoms with Gasteiger partial charge in [0, 0.05) is 37.6 Å². The van der Waals surface area contributed by atoms with Gasteiger partial charge in [-0.15, -0.1) is 10.2 Å². The number of nitrogens with zero attached hydrogens (tertiary/aromatic N) is 6. The van der Waals surface area contributed by atoms with E-state index in [0.717, 1.165) is 22.1 Å². The second-order valence-corrected chi connectivity index (χ2v) is 12.3. The van der Waals surface area contributed by atoms with Crippen LogP contribution in [0.2, 0.25) is 0 Å². The van der Waals surface area contributed by atoms with Gasteiger partial charge in [0.25, 0.3) is 5.91 Å². The summed E-state index contributed by atoms with van der Waals surface area (Å²) in [6, 6.07) is 25.7. The molecule has 1 aliphatic heterocycles. The topological polar surface area (TPSA) is 93.5 Å². The second kappa shape index (κ2) is 13.1. The summed E-state index contributed by atoms with van der Waals surface area (Å²) in [5.74, 6) is 0.612. The largest absolute Gasteiger partial charge is 0.484 e. The van der Waals surface area contributed by atoms with Gasteiger partial charge >= 0.3 is 0 Å². The SMILES string of the molecule is CCC(Sc1nnc2c3ccccc3n(Cc3ccccc3C)c2n1)C(=O)N1CCN(C(=O)COc2ccccc2)C(C)C1. The van der Waals surface area contributed by atoms with Crippen molar-refractivity contribution in [2.24, 2.45) is 0 Å². The Labute approximate surface area is 261 Å². The van der Waals surface area contributed by atoms with Gasteiger partial charge in [-0.3, -0.25) is 9.59 Å². The van der Waals surface area contributed by atoms with Crippen molar-refractivity contribution in [3.8, 4) is 5.75 Å². The predicted molar refractivity (Wildman–Crippen MR) is 173 cm³/mol. The van der Waals surface area contributed by atoms with E-state index >= 15 is 0 Å². The predicted octanol–water partition coefficient (Wildman–Crippen LogP) is 5.35. The maximum Gasteiger partial charge on any atom is 0.260 e. The molecule has 0 bridgehead atoms. The fourth-order valence-electron chi connectivity index (χ4n) is 5.77. The van der Waals surface area contributed by atoms with E-state index in [2.05, 4.69) is 46.0 Å². The lowest BCUT2D eigenvalue weighted by atomic mass is 10.1. The van der Waals surface area contributed by atoms with E-state index < -0.39 is 0 Å². The minimum absolute atomic E-state index is 0.0247. The zero-order valence-electron chi connectivity index (χ0n) is 25.2. The molecule has 226 valence electrons. The molecule has 0 N–H and O–H groups in total. The molecule has 3 aromatic carbocycles. The van der Waals surface area contributed by atoms with E-state index in [1.807, 2.05) is 73.3 Å². The molecule has 0 saturated carbocycles. The summed E-state index contributed by atoms with van der Waals surface area (Å²) in [5.41, 5.74) is 4.99. The highest BCUT2D eigenvalue weighted by atomic mass is 32.2. The fourth-order valence-corrected chi connectivity index (χ4v) is 6.67. The lowest BCUT2D eigenvalue weighted by Gasteiger charge is -2.40. The van der Waals surface area contributed by atoms with Crippen LogP contribution in [0.3, 0.4) is 0 Å². The van der Waals surface area contributed by atoms with Gasteiger partial charge in [-0.05, 0) is 49.6 Å². The molecule has 1 saturated heterocycles. The molecule has 6 rings (SSSR count). The summed E-state index contributed by atoms with van der Waals surface area (Å²) in [6.45, 7) is 8.13. The van der Waals surface area contributed by atoms with Gasteiger partial charge in [0.2, 0.25) is 11.1 Å². The molecule has 44 heavy (non-hydrogen) atoms. The van der Waals surface area contributed by atoms with E-state index in [0.29, 0.717) is 43.5 Å². The number of aryl methyl sites for hydroxylation is 1. The molecule has 5 aromatic rings. The molecular formula is C34H36N6O3S. The Bertz CT molecular complexity index is 1790. The Morgan fingerprint density at radius 1 is 0.977 bits per heavy atom. The van der Waals surface area contributed by atoms with Crippen molar-refractivity contribution in [3.05, 3.63) is 90.0 Å². The normalized spacial score (nSPS) is 15.9. The molecule has 3 heterocycles.